The fraction of sp³-hybridized carbons (Fsp3) is 0.250. The van der Waals surface area contributed by atoms with E-state index in [9.17, 15) is 0 Å². The number of benzene rings is 2. The Balaban J connectivity index is 1.95. The quantitative estimate of drug-likeness (QED) is 0.821. The second-order valence-corrected chi connectivity index (χ2v) is 5.28. The van der Waals surface area contributed by atoms with Gasteiger partial charge in [-0.15, -0.1) is 0 Å². The Morgan fingerprint density at radius 2 is 1.95 bits per heavy atom. The van der Waals surface area contributed by atoms with Crippen LogP contribution in [0.15, 0.2) is 53.0 Å². The van der Waals surface area contributed by atoms with E-state index in [1.165, 1.54) is 5.56 Å². The molecule has 0 bridgehead atoms. The summed E-state index contributed by atoms with van der Waals surface area (Å²) < 4.78 is 6.72. The Morgan fingerprint density at radius 3 is 2.74 bits per heavy atom. The van der Waals surface area contributed by atoms with Gasteiger partial charge < -0.3 is 10.1 Å². The third-order valence-corrected chi connectivity index (χ3v) is 3.19. The van der Waals surface area contributed by atoms with E-state index >= 15 is 0 Å². The van der Waals surface area contributed by atoms with Gasteiger partial charge in [-0.05, 0) is 36.2 Å². The van der Waals surface area contributed by atoms with E-state index in [2.05, 4.69) is 46.4 Å². The van der Waals surface area contributed by atoms with Crippen LogP contribution in [0.25, 0.3) is 0 Å². The molecule has 2 rings (SSSR count). The number of hydrogen-bond acceptors (Lipinski definition) is 2. The predicted octanol–water partition coefficient (Wildman–Crippen LogP) is 4.85. The molecule has 2 aromatic rings. The van der Waals surface area contributed by atoms with Gasteiger partial charge in [-0.1, -0.05) is 41.1 Å². The minimum absolute atomic E-state index is 0.759. The van der Waals surface area contributed by atoms with Gasteiger partial charge in [0, 0.05) is 22.8 Å². The number of rotatable bonds is 6. The first-order valence-corrected chi connectivity index (χ1v) is 7.28. The van der Waals surface area contributed by atoms with Crippen molar-refractivity contribution >= 4 is 21.6 Å². The first-order chi connectivity index (χ1) is 9.28. The van der Waals surface area contributed by atoms with Gasteiger partial charge in [0.2, 0.25) is 0 Å². The summed E-state index contributed by atoms with van der Waals surface area (Å²) in [6, 6.07) is 16.4. The summed E-state index contributed by atoms with van der Waals surface area (Å²) in [5, 5.41) is 3.40. The van der Waals surface area contributed by atoms with Crippen molar-refractivity contribution in [1.29, 1.82) is 0 Å². The van der Waals surface area contributed by atoms with Crippen molar-refractivity contribution in [3.8, 4) is 5.75 Å². The molecule has 0 aliphatic rings. The summed E-state index contributed by atoms with van der Waals surface area (Å²) in [4.78, 5) is 0. The van der Waals surface area contributed by atoms with Gasteiger partial charge in [0.1, 0.15) is 5.75 Å². The molecule has 0 spiro atoms. The van der Waals surface area contributed by atoms with Gasteiger partial charge in [-0.25, -0.2) is 0 Å². The van der Waals surface area contributed by atoms with Crippen molar-refractivity contribution in [3.63, 3.8) is 0 Å². The molecule has 0 aromatic heterocycles. The van der Waals surface area contributed by atoms with Gasteiger partial charge in [-0.3, -0.25) is 0 Å². The lowest BCUT2D eigenvalue weighted by Gasteiger charge is -2.09. The first kappa shape index (κ1) is 13.9. The van der Waals surface area contributed by atoms with E-state index in [0.717, 1.165) is 35.5 Å². The fourth-order valence-corrected chi connectivity index (χ4v) is 2.21. The van der Waals surface area contributed by atoms with Crippen LogP contribution in [-0.2, 0) is 6.54 Å². The zero-order chi connectivity index (χ0) is 13.5. The molecule has 0 atom stereocenters. The van der Waals surface area contributed by atoms with Crippen LogP contribution >= 0.6 is 15.9 Å². The predicted molar refractivity (Wildman–Crippen MR) is 83.7 cm³/mol. The van der Waals surface area contributed by atoms with Crippen LogP contribution in [0, 0.1) is 0 Å². The molecule has 19 heavy (non-hydrogen) atoms. The molecular formula is C16H18BrNO. The van der Waals surface area contributed by atoms with Crippen molar-refractivity contribution in [2.75, 3.05) is 11.9 Å². The highest BCUT2D eigenvalue weighted by Gasteiger charge is 1.98. The molecule has 0 saturated heterocycles. The van der Waals surface area contributed by atoms with Crippen LogP contribution in [0.3, 0.4) is 0 Å². The maximum atomic E-state index is 5.62. The van der Waals surface area contributed by atoms with E-state index < -0.39 is 0 Å². The van der Waals surface area contributed by atoms with Crippen molar-refractivity contribution in [3.05, 3.63) is 58.6 Å². The standard InChI is InChI=1S/C16H18BrNO/c1-2-9-19-16-8-4-7-15(11-16)18-12-13-5-3-6-14(17)10-13/h3-8,10-11,18H,2,9,12H2,1H3. The molecule has 0 aliphatic carbocycles. The zero-order valence-corrected chi connectivity index (χ0v) is 12.6. The van der Waals surface area contributed by atoms with Crippen LogP contribution in [0.5, 0.6) is 5.75 Å². The lowest BCUT2D eigenvalue weighted by molar-refractivity contribution is 0.317. The lowest BCUT2D eigenvalue weighted by atomic mass is 10.2. The van der Waals surface area contributed by atoms with Crippen molar-refractivity contribution < 1.29 is 4.74 Å². The summed E-state index contributed by atoms with van der Waals surface area (Å²) >= 11 is 3.48. The highest BCUT2D eigenvalue weighted by atomic mass is 79.9. The topological polar surface area (TPSA) is 21.3 Å². The molecule has 2 nitrogen and oxygen atoms in total. The molecule has 0 fully saturated rings. The first-order valence-electron chi connectivity index (χ1n) is 6.49. The van der Waals surface area contributed by atoms with Gasteiger partial charge in [0.25, 0.3) is 0 Å². The maximum absolute atomic E-state index is 5.62. The highest BCUT2D eigenvalue weighted by molar-refractivity contribution is 9.10. The average molecular weight is 320 g/mol. The molecule has 1 N–H and O–H groups in total. The number of nitrogens with one attached hydrogen (secondary N) is 1. The van der Waals surface area contributed by atoms with E-state index in [1.54, 1.807) is 0 Å². The van der Waals surface area contributed by atoms with Crippen molar-refractivity contribution in [2.24, 2.45) is 0 Å². The summed E-state index contributed by atoms with van der Waals surface area (Å²) in [5.74, 6) is 0.918. The number of hydrogen-bond donors (Lipinski definition) is 1. The normalized spacial score (nSPS) is 10.2. The second kappa shape index (κ2) is 7.19. The average Bonchev–Trinajstić information content (AvgIpc) is 2.43. The Kier molecular flexibility index (Phi) is 5.28. The van der Waals surface area contributed by atoms with E-state index in [-0.39, 0.29) is 0 Å². The number of anilines is 1. The van der Waals surface area contributed by atoms with Gasteiger partial charge in [-0.2, -0.15) is 0 Å². The molecule has 0 radical (unpaired) electrons. The van der Waals surface area contributed by atoms with Crippen LogP contribution in [0.4, 0.5) is 5.69 Å². The minimum atomic E-state index is 0.759. The Bertz CT molecular complexity index is 528. The molecule has 0 amide bonds. The third-order valence-electron chi connectivity index (χ3n) is 2.69. The van der Waals surface area contributed by atoms with Crippen LogP contribution < -0.4 is 10.1 Å². The molecule has 2 aromatic carbocycles. The van der Waals surface area contributed by atoms with E-state index in [4.69, 9.17) is 4.74 Å². The number of halogens is 1. The maximum Gasteiger partial charge on any atom is 0.121 e. The summed E-state index contributed by atoms with van der Waals surface area (Å²) in [5.41, 5.74) is 2.32. The molecule has 100 valence electrons. The van der Waals surface area contributed by atoms with E-state index in [0.29, 0.717) is 0 Å². The number of ether oxygens (including phenoxy) is 1. The summed E-state index contributed by atoms with van der Waals surface area (Å²) in [6.07, 6.45) is 1.02. The van der Waals surface area contributed by atoms with Gasteiger partial charge in [0.15, 0.2) is 0 Å². The Morgan fingerprint density at radius 1 is 1.11 bits per heavy atom. The highest BCUT2D eigenvalue weighted by Crippen LogP contribution is 2.19. The molecule has 3 heteroatoms. The molecular weight excluding hydrogens is 302 g/mol. The Labute approximate surface area is 122 Å². The smallest absolute Gasteiger partial charge is 0.121 e. The largest absolute Gasteiger partial charge is 0.494 e. The SMILES string of the molecule is CCCOc1cccc(NCc2cccc(Br)c2)c1. The monoisotopic (exact) mass is 319 g/mol. The third kappa shape index (κ3) is 4.60. The summed E-state index contributed by atoms with van der Waals surface area (Å²) in [7, 11) is 0. The van der Waals surface area contributed by atoms with E-state index in [1.807, 2.05) is 30.3 Å². The second-order valence-electron chi connectivity index (χ2n) is 4.36. The Hall–Kier alpha value is -1.48. The molecule has 0 heterocycles. The minimum Gasteiger partial charge on any atom is -0.494 e. The molecule has 0 aliphatic heterocycles. The van der Waals surface area contributed by atoms with Crippen LogP contribution in [-0.4, -0.2) is 6.61 Å². The van der Waals surface area contributed by atoms with Gasteiger partial charge in [0.05, 0.1) is 6.61 Å². The van der Waals surface area contributed by atoms with Crippen molar-refractivity contribution in [1.82, 2.24) is 0 Å². The molecule has 0 saturated carbocycles. The van der Waals surface area contributed by atoms with Gasteiger partial charge >= 0.3 is 0 Å². The molecule has 0 unspecified atom stereocenters. The fourth-order valence-electron chi connectivity index (χ4n) is 1.77. The van der Waals surface area contributed by atoms with Crippen molar-refractivity contribution in [2.45, 2.75) is 19.9 Å². The zero-order valence-electron chi connectivity index (χ0n) is 11.0. The summed E-state index contributed by atoms with van der Waals surface area (Å²) in [6.45, 7) is 3.67. The lowest BCUT2D eigenvalue weighted by Crippen LogP contribution is -2.00. The van der Waals surface area contributed by atoms with Crippen LogP contribution in [0.1, 0.15) is 18.9 Å². The van der Waals surface area contributed by atoms with Crippen LogP contribution in [0.2, 0.25) is 0 Å².